The lowest BCUT2D eigenvalue weighted by Gasteiger charge is -2.23. The number of urea groups is 1. The summed E-state index contributed by atoms with van der Waals surface area (Å²) >= 11 is 0. The van der Waals surface area contributed by atoms with E-state index in [4.69, 9.17) is 10.2 Å². The predicted octanol–water partition coefficient (Wildman–Crippen LogP) is -0.518. The number of amides is 2. The third-order valence-corrected chi connectivity index (χ3v) is 1.87. The Balaban J connectivity index is 4.22. The van der Waals surface area contributed by atoms with E-state index in [1.165, 1.54) is 4.90 Å². The molecule has 0 aromatic rings. The van der Waals surface area contributed by atoms with Gasteiger partial charge in [0.25, 0.3) is 0 Å². The number of carbonyl (C=O) groups is 2. The number of hydrogen-bond acceptors (Lipinski definition) is 3. The van der Waals surface area contributed by atoms with Gasteiger partial charge in [0, 0.05) is 13.1 Å². The van der Waals surface area contributed by atoms with Gasteiger partial charge < -0.3 is 20.4 Å². The normalized spacial score (nSPS) is 12.4. The average Bonchev–Trinajstić information content (AvgIpc) is 2.11. The molecule has 0 aliphatic rings. The molecule has 2 amide bonds. The minimum absolute atomic E-state index is 0.0249. The molecule has 0 aliphatic heterocycles. The summed E-state index contributed by atoms with van der Waals surface area (Å²) in [6.07, 6.45) is 0. The Bertz CT molecular complexity index is 217. The molecule has 0 spiro atoms. The predicted molar refractivity (Wildman–Crippen MR) is 49.9 cm³/mol. The standard InChI is InChI=1S/C8H16N2O4/c1-5(2)10(3)8(14)9-6(4-11)7(12)13/h5-6,11H,4H2,1-3H3,(H,9,14)(H,12,13). The zero-order valence-corrected chi connectivity index (χ0v) is 8.52. The lowest BCUT2D eigenvalue weighted by molar-refractivity contribution is -0.140. The van der Waals surface area contributed by atoms with E-state index in [1.807, 2.05) is 0 Å². The maximum atomic E-state index is 11.3. The van der Waals surface area contributed by atoms with E-state index < -0.39 is 24.6 Å². The lowest BCUT2D eigenvalue weighted by Crippen LogP contribution is -2.50. The molecular weight excluding hydrogens is 188 g/mol. The molecule has 0 heterocycles. The highest BCUT2D eigenvalue weighted by molar-refractivity contribution is 5.82. The summed E-state index contributed by atoms with van der Waals surface area (Å²) in [5.74, 6) is -1.25. The number of aliphatic hydroxyl groups excluding tert-OH is 1. The molecule has 0 saturated heterocycles. The molecule has 14 heavy (non-hydrogen) atoms. The number of nitrogens with one attached hydrogen (secondary N) is 1. The van der Waals surface area contributed by atoms with Gasteiger partial charge in [0.2, 0.25) is 0 Å². The van der Waals surface area contributed by atoms with Crippen LogP contribution < -0.4 is 5.32 Å². The molecule has 0 radical (unpaired) electrons. The fraction of sp³-hybridized carbons (Fsp3) is 0.750. The van der Waals surface area contributed by atoms with Crippen molar-refractivity contribution in [2.75, 3.05) is 13.7 Å². The summed E-state index contributed by atoms with van der Waals surface area (Å²) in [7, 11) is 1.55. The van der Waals surface area contributed by atoms with Gasteiger partial charge in [-0.1, -0.05) is 0 Å². The van der Waals surface area contributed by atoms with Gasteiger partial charge in [-0.25, -0.2) is 9.59 Å². The van der Waals surface area contributed by atoms with Crippen LogP contribution in [0.1, 0.15) is 13.8 Å². The molecule has 1 unspecified atom stereocenters. The van der Waals surface area contributed by atoms with Crippen molar-refractivity contribution in [3.63, 3.8) is 0 Å². The van der Waals surface area contributed by atoms with Crippen LogP contribution in [0, 0.1) is 0 Å². The minimum Gasteiger partial charge on any atom is -0.480 e. The first kappa shape index (κ1) is 12.7. The van der Waals surface area contributed by atoms with E-state index in [1.54, 1.807) is 20.9 Å². The number of hydrogen-bond donors (Lipinski definition) is 3. The van der Waals surface area contributed by atoms with Crippen LogP contribution in [0.25, 0.3) is 0 Å². The molecule has 0 aliphatic carbocycles. The Kier molecular flexibility index (Phi) is 4.93. The Morgan fingerprint density at radius 3 is 2.21 bits per heavy atom. The van der Waals surface area contributed by atoms with Gasteiger partial charge in [0.1, 0.15) is 0 Å². The summed E-state index contributed by atoms with van der Waals surface area (Å²) in [5, 5.41) is 19.4. The molecule has 0 bridgehead atoms. The fourth-order valence-electron chi connectivity index (χ4n) is 0.671. The van der Waals surface area contributed by atoms with E-state index in [0.717, 1.165) is 0 Å². The molecule has 6 heteroatoms. The van der Waals surface area contributed by atoms with Crippen molar-refractivity contribution in [2.45, 2.75) is 25.9 Å². The molecule has 0 aromatic heterocycles. The van der Waals surface area contributed by atoms with Crippen molar-refractivity contribution in [1.29, 1.82) is 0 Å². The second-order valence-electron chi connectivity index (χ2n) is 3.23. The van der Waals surface area contributed by atoms with Gasteiger partial charge in [-0.2, -0.15) is 0 Å². The molecule has 3 N–H and O–H groups in total. The number of carboxylic acid groups (broad SMARTS) is 1. The van der Waals surface area contributed by atoms with Crippen molar-refractivity contribution in [3.8, 4) is 0 Å². The Labute approximate surface area is 82.5 Å². The third-order valence-electron chi connectivity index (χ3n) is 1.87. The van der Waals surface area contributed by atoms with Gasteiger partial charge in [0.05, 0.1) is 6.61 Å². The lowest BCUT2D eigenvalue weighted by atomic mass is 10.3. The molecule has 0 fully saturated rings. The average molecular weight is 204 g/mol. The maximum Gasteiger partial charge on any atom is 0.328 e. The summed E-state index contributed by atoms with van der Waals surface area (Å²) in [6, 6.07) is -1.78. The zero-order chi connectivity index (χ0) is 11.3. The smallest absolute Gasteiger partial charge is 0.328 e. The van der Waals surface area contributed by atoms with E-state index in [2.05, 4.69) is 5.32 Å². The van der Waals surface area contributed by atoms with Crippen LogP contribution in [-0.4, -0.2) is 52.9 Å². The first-order chi connectivity index (χ1) is 6.40. The highest BCUT2D eigenvalue weighted by Gasteiger charge is 2.21. The Morgan fingerprint density at radius 2 is 1.93 bits per heavy atom. The summed E-state index contributed by atoms with van der Waals surface area (Å²) in [6.45, 7) is 2.98. The summed E-state index contributed by atoms with van der Waals surface area (Å²) in [4.78, 5) is 23.1. The minimum atomic E-state index is -1.25. The number of carboxylic acids is 1. The Hall–Kier alpha value is -1.30. The number of aliphatic carboxylic acids is 1. The number of carbonyl (C=O) groups excluding carboxylic acids is 1. The van der Waals surface area contributed by atoms with Gasteiger partial charge in [0.15, 0.2) is 6.04 Å². The topological polar surface area (TPSA) is 89.9 Å². The Morgan fingerprint density at radius 1 is 1.43 bits per heavy atom. The largest absolute Gasteiger partial charge is 0.480 e. The van der Waals surface area contributed by atoms with Crippen molar-refractivity contribution >= 4 is 12.0 Å². The van der Waals surface area contributed by atoms with Crippen molar-refractivity contribution in [1.82, 2.24) is 10.2 Å². The first-order valence-corrected chi connectivity index (χ1v) is 4.27. The van der Waals surface area contributed by atoms with Gasteiger partial charge in [-0.05, 0) is 13.8 Å². The molecule has 0 aromatic carbocycles. The van der Waals surface area contributed by atoms with E-state index in [-0.39, 0.29) is 6.04 Å². The molecular formula is C8H16N2O4. The zero-order valence-electron chi connectivity index (χ0n) is 8.52. The van der Waals surface area contributed by atoms with Crippen LogP contribution in [0.15, 0.2) is 0 Å². The molecule has 1 atom stereocenters. The molecule has 6 nitrogen and oxygen atoms in total. The van der Waals surface area contributed by atoms with E-state index >= 15 is 0 Å². The summed E-state index contributed by atoms with van der Waals surface area (Å²) < 4.78 is 0. The van der Waals surface area contributed by atoms with Crippen LogP contribution in [0.2, 0.25) is 0 Å². The highest BCUT2D eigenvalue weighted by atomic mass is 16.4. The van der Waals surface area contributed by atoms with Crippen molar-refractivity contribution in [2.24, 2.45) is 0 Å². The van der Waals surface area contributed by atoms with Gasteiger partial charge >= 0.3 is 12.0 Å². The molecule has 0 saturated carbocycles. The quantitative estimate of drug-likeness (QED) is 0.575. The third kappa shape index (κ3) is 3.61. The van der Waals surface area contributed by atoms with Crippen LogP contribution in [0.4, 0.5) is 4.79 Å². The first-order valence-electron chi connectivity index (χ1n) is 4.27. The fourth-order valence-corrected chi connectivity index (χ4v) is 0.671. The number of nitrogens with zero attached hydrogens (tertiary/aromatic N) is 1. The highest BCUT2D eigenvalue weighted by Crippen LogP contribution is 1.95. The second kappa shape index (κ2) is 5.43. The van der Waals surface area contributed by atoms with Crippen LogP contribution in [-0.2, 0) is 4.79 Å². The van der Waals surface area contributed by atoms with Gasteiger partial charge in [-0.3, -0.25) is 0 Å². The van der Waals surface area contributed by atoms with Crippen molar-refractivity contribution < 1.29 is 19.8 Å². The van der Waals surface area contributed by atoms with E-state index in [0.29, 0.717) is 0 Å². The number of aliphatic hydroxyl groups is 1. The molecule has 0 rings (SSSR count). The maximum absolute atomic E-state index is 11.3. The SMILES string of the molecule is CC(C)N(C)C(=O)NC(CO)C(=O)O. The van der Waals surface area contributed by atoms with Gasteiger partial charge in [-0.15, -0.1) is 0 Å². The number of rotatable bonds is 4. The van der Waals surface area contributed by atoms with Crippen molar-refractivity contribution in [3.05, 3.63) is 0 Å². The monoisotopic (exact) mass is 204 g/mol. The van der Waals surface area contributed by atoms with E-state index in [9.17, 15) is 9.59 Å². The summed E-state index contributed by atoms with van der Waals surface area (Å²) in [5.41, 5.74) is 0. The molecule has 82 valence electrons. The second-order valence-corrected chi connectivity index (χ2v) is 3.23. The van der Waals surface area contributed by atoms with Crippen LogP contribution in [0.5, 0.6) is 0 Å². The van der Waals surface area contributed by atoms with Crippen LogP contribution >= 0.6 is 0 Å². The van der Waals surface area contributed by atoms with Crippen LogP contribution in [0.3, 0.4) is 0 Å².